The number of nitrogens with one attached hydrogen (secondary N) is 2. The third kappa shape index (κ3) is 5.00. The first-order chi connectivity index (χ1) is 11.7. The van der Waals surface area contributed by atoms with Gasteiger partial charge in [-0.05, 0) is 31.2 Å². The van der Waals surface area contributed by atoms with Crippen LogP contribution in [0.5, 0.6) is 0 Å². The number of aromatic nitrogens is 1. The van der Waals surface area contributed by atoms with Crippen molar-refractivity contribution in [3.63, 3.8) is 0 Å². The molecule has 132 valence electrons. The predicted molar refractivity (Wildman–Crippen MR) is 102 cm³/mol. The Morgan fingerprint density at radius 3 is 2.64 bits per heavy atom. The third-order valence-corrected chi connectivity index (χ3v) is 4.61. The van der Waals surface area contributed by atoms with Crippen LogP contribution in [-0.4, -0.2) is 16.8 Å². The summed E-state index contributed by atoms with van der Waals surface area (Å²) in [5.41, 5.74) is 2.02. The first kappa shape index (κ1) is 18.9. The van der Waals surface area contributed by atoms with Gasteiger partial charge in [0.25, 0.3) is 5.91 Å². The molecule has 2 rings (SSSR count). The maximum absolute atomic E-state index is 12.5. The Morgan fingerprint density at radius 2 is 2.04 bits per heavy atom. The molecule has 0 aliphatic rings. The highest BCUT2D eigenvalue weighted by atomic mass is 32.1. The number of rotatable bonds is 5. The molecular formula is C19H23N3O2S. The molecule has 1 atom stereocenters. The maximum atomic E-state index is 12.5. The Labute approximate surface area is 152 Å². The van der Waals surface area contributed by atoms with E-state index in [-0.39, 0.29) is 23.3 Å². The first-order valence-corrected chi connectivity index (χ1v) is 8.89. The summed E-state index contributed by atoms with van der Waals surface area (Å²) in [6, 6.07) is 6.58. The number of anilines is 1. The molecule has 25 heavy (non-hydrogen) atoms. The SMILES string of the molecule is C=CC(=O)Nc1cccc(C(=O)NC(C)c2nc(C(C)(C)C)cs2)c1. The van der Waals surface area contributed by atoms with Crippen LogP contribution in [0.1, 0.15) is 54.8 Å². The summed E-state index contributed by atoms with van der Waals surface area (Å²) in [5, 5.41) is 8.49. The Hall–Kier alpha value is -2.47. The van der Waals surface area contributed by atoms with Gasteiger partial charge in [0.2, 0.25) is 5.91 Å². The Morgan fingerprint density at radius 1 is 1.32 bits per heavy atom. The van der Waals surface area contributed by atoms with Crippen LogP contribution in [0.25, 0.3) is 0 Å². The molecule has 2 amide bonds. The molecular weight excluding hydrogens is 334 g/mol. The fraction of sp³-hybridized carbons (Fsp3) is 0.316. The average Bonchev–Trinajstić information content (AvgIpc) is 3.05. The van der Waals surface area contributed by atoms with E-state index in [2.05, 4.69) is 43.0 Å². The topological polar surface area (TPSA) is 71.1 Å². The third-order valence-electron chi connectivity index (χ3n) is 3.59. The Kier molecular flexibility index (Phi) is 5.74. The molecule has 0 aliphatic carbocycles. The van der Waals surface area contributed by atoms with E-state index in [4.69, 9.17) is 0 Å². The van der Waals surface area contributed by atoms with Gasteiger partial charge in [-0.2, -0.15) is 0 Å². The number of amides is 2. The monoisotopic (exact) mass is 357 g/mol. The van der Waals surface area contributed by atoms with Crippen molar-refractivity contribution >= 4 is 28.8 Å². The summed E-state index contributed by atoms with van der Waals surface area (Å²) >= 11 is 1.54. The lowest BCUT2D eigenvalue weighted by Crippen LogP contribution is -2.27. The van der Waals surface area contributed by atoms with Crippen molar-refractivity contribution in [2.24, 2.45) is 0 Å². The van der Waals surface area contributed by atoms with E-state index in [9.17, 15) is 9.59 Å². The quantitative estimate of drug-likeness (QED) is 0.793. The molecule has 2 N–H and O–H groups in total. The number of benzene rings is 1. The van der Waals surface area contributed by atoms with Crippen molar-refractivity contribution in [1.82, 2.24) is 10.3 Å². The maximum Gasteiger partial charge on any atom is 0.251 e. The smallest absolute Gasteiger partial charge is 0.251 e. The number of thiazole rings is 1. The molecule has 0 radical (unpaired) electrons. The van der Waals surface area contributed by atoms with Crippen molar-refractivity contribution in [2.45, 2.75) is 39.2 Å². The van der Waals surface area contributed by atoms with E-state index in [0.29, 0.717) is 11.3 Å². The normalized spacial score (nSPS) is 12.3. The molecule has 1 heterocycles. The van der Waals surface area contributed by atoms with Crippen molar-refractivity contribution < 1.29 is 9.59 Å². The summed E-state index contributed by atoms with van der Waals surface area (Å²) in [7, 11) is 0. The Bertz CT molecular complexity index is 790. The van der Waals surface area contributed by atoms with Crippen LogP contribution >= 0.6 is 11.3 Å². The van der Waals surface area contributed by atoms with Gasteiger partial charge < -0.3 is 10.6 Å². The van der Waals surface area contributed by atoms with Gasteiger partial charge in [-0.25, -0.2) is 4.98 Å². The molecule has 0 spiro atoms. The molecule has 5 nitrogen and oxygen atoms in total. The van der Waals surface area contributed by atoms with E-state index in [1.54, 1.807) is 35.6 Å². The lowest BCUT2D eigenvalue weighted by molar-refractivity contribution is -0.111. The van der Waals surface area contributed by atoms with Crippen LogP contribution in [0.3, 0.4) is 0 Å². The first-order valence-electron chi connectivity index (χ1n) is 8.01. The largest absolute Gasteiger partial charge is 0.343 e. The number of nitrogens with zero attached hydrogens (tertiary/aromatic N) is 1. The van der Waals surface area contributed by atoms with Crippen molar-refractivity contribution in [2.75, 3.05) is 5.32 Å². The summed E-state index contributed by atoms with van der Waals surface area (Å²) < 4.78 is 0. The molecule has 1 unspecified atom stereocenters. The lowest BCUT2D eigenvalue weighted by atomic mass is 9.93. The van der Waals surface area contributed by atoms with Crippen molar-refractivity contribution in [3.05, 3.63) is 58.6 Å². The summed E-state index contributed by atoms with van der Waals surface area (Å²) in [5.74, 6) is -0.530. The standard InChI is InChI=1S/C19H23N3O2S/c1-6-16(23)21-14-9-7-8-13(10-14)17(24)20-12(2)18-22-15(11-25-18)19(3,4)5/h6-12H,1H2,2-5H3,(H,20,24)(H,21,23). The molecule has 1 aromatic heterocycles. The lowest BCUT2D eigenvalue weighted by Gasteiger charge is -2.15. The van der Waals surface area contributed by atoms with Gasteiger partial charge in [-0.1, -0.05) is 33.4 Å². The van der Waals surface area contributed by atoms with Gasteiger partial charge in [0.05, 0.1) is 11.7 Å². The molecule has 2 aromatic rings. The number of hydrogen-bond acceptors (Lipinski definition) is 4. The molecule has 0 fully saturated rings. The van der Waals surface area contributed by atoms with Crippen LogP contribution in [0, 0.1) is 0 Å². The molecule has 1 aromatic carbocycles. The zero-order valence-corrected chi connectivity index (χ0v) is 15.7. The molecule has 6 heteroatoms. The number of carbonyl (C=O) groups excluding carboxylic acids is 2. The van der Waals surface area contributed by atoms with E-state index >= 15 is 0 Å². The van der Waals surface area contributed by atoms with Crippen molar-refractivity contribution in [3.8, 4) is 0 Å². The van der Waals surface area contributed by atoms with E-state index in [1.165, 1.54) is 6.08 Å². The van der Waals surface area contributed by atoms with Gasteiger partial charge >= 0.3 is 0 Å². The highest BCUT2D eigenvalue weighted by Crippen LogP contribution is 2.27. The molecule has 0 aliphatic heterocycles. The summed E-state index contributed by atoms with van der Waals surface area (Å²) in [4.78, 5) is 28.5. The predicted octanol–water partition coefficient (Wildman–Crippen LogP) is 4.06. The van der Waals surface area contributed by atoms with Gasteiger partial charge in [0.1, 0.15) is 5.01 Å². The minimum absolute atomic E-state index is 0.0177. The molecule has 0 saturated heterocycles. The van der Waals surface area contributed by atoms with Gasteiger partial charge in [0.15, 0.2) is 0 Å². The highest BCUT2D eigenvalue weighted by molar-refractivity contribution is 7.09. The van der Waals surface area contributed by atoms with E-state index in [0.717, 1.165) is 10.7 Å². The van der Waals surface area contributed by atoms with E-state index in [1.807, 2.05) is 12.3 Å². The summed E-state index contributed by atoms with van der Waals surface area (Å²) in [6.07, 6.45) is 1.18. The minimum Gasteiger partial charge on any atom is -0.343 e. The zero-order chi connectivity index (χ0) is 18.6. The van der Waals surface area contributed by atoms with Crippen LogP contribution in [-0.2, 0) is 10.2 Å². The fourth-order valence-corrected chi connectivity index (χ4v) is 3.16. The second-order valence-electron chi connectivity index (χ2n) is 6.79. The van der Waals surface area contributed by atoms with E-state index < -0.39 is 0 Å². The Balaban J connectivity index is 2.08. The van der Waals surface area contributed by atoms with Crippen LogP contribution < -0.4 is 10.6 Å². The number of hydrogen-bond donors (Lipinski definition) is 2. The van der Waals surface area contributed by atoms with Crippen LogP contribution in [0.2, 0.25) is 0 Å². The van der Waals surface area contributed by atoms with Gasteiger partial charge in [0, 0.05) is 22.0 Å². The fourth-order valence-electron chi connectivity index (χ4n) is 2.10. The second kappa shape index (κ2) is 7.61. The van der Waals surface area contributed by atoms with Crippen LogP contribution in [0.4, 0.5) is 5.69 Å². The van der Waals surface area contributed by atoms with Crippen molar-refractivity contribution in [1.29, 1.82) is 0 Å². The molecule has 0 bridgehead atoms. The minimum atomic E-state index is -0.316. The highest BCUT2D eigenvalue weighted by Gasteiger charge is 2.20. The number of carbonyl (C=O) groups is 2. The van der Waals surface area contributed by atoms with Gasteiger partial charge in [-0.3, -0.25) is 9.59 Å². The molecule has 0 saturated carbocycles. The average molecular weight is 357 g/mol. The second-order valence-corrected chi connectivity index (χ2v) is 7.68. The van der Waals surface area contributed by atoms with Crippen LogP contribution in [0.15, 0.2) is 42.3 Å². The van der Waals surface area contributed by atoms with Gasteiger partial charge in [-0.15, -0.1) is 11.3 Å². The summed E-state index contributed by atoms with van der Waals surface area (Å²) in [6.45, 7) is 11.6. The zero-order valence-electron chi connectivity index (χ0n) is 14.9.